The van der Waals surface area contributed by atoms with Crippen molar-refractivity contribution >= 4 is 116 Å². The molecule has 2 saturated heterocycles. The van der Waals surface area contributed by atoms with E-state index < -0.39 is 18.6 Å². The number of rotatable bonds is 22. The number of nitrogens with zero attached hydrogens (tertiary/aromatic N) is 9. The van der Waals surface area contributed by atoms with Crippen LogP contribution >= 0.6 is 46.4 Å². The molecule has 2 aliphatic rings. The van der Waals surface area contributed by atoms with E-state index in [1.54, 1.807) is 171 Å². The van der Waals surface area contributed by atoms with Crippen LogP contribution in [-0.4, -0.2) is 146 Å². The van der Waals surface area contributed by atoms with Gasteiger partial charge in [0.05, 0.1) is 74.1 Å². The third-order valence-electron chi connectivity index (χ3n) is 19.3. The second-order valence-corrected chi connectivity index (χ2v) is 30.2. The van der Waals surface area contributed by atoms with Crippen LogP contribution in [0, 0.1) is 5.41 Å². The molecule has 0 spiro atoms. The quantitative estimate of drug-likeness (QED) is 0.0225. The SMILES string of the molecule is CC1CN(C(=N)c2ccc(C(=O)Nc3ccc(Cl)c(-c4ccccn4)c3)cc2)CC(C)O1.NC(=NCC(F)(F)F)c1ccc(C(=O)Nc2ccc(Cl)c(-c3ccccn3)c2)cc1.NC(=NCC1CCCO1)c1ccc(C(=O)Nc2ccc(Cl)c(-c3ccccn3)c2)cc1.NC(=NCCc1cnc[nH]1)c1ccc(C(=O)Nc2ccc(Cl)c(-c3ccccn3)c2)cc1. The molecule has 0 radical (unpaired) electrons. The summed E-state index contributed by atoms with van der Waals surface area (Å²) >= 11 is 25.2. The summed E-state index contributed by atoms with van der Waals surface area (Å²) in [5.74, 6) is -0.0352. The van der Waals surface area contributed by atoms with Gasteiger partial charge in [0.1, 0.15) is 29.9 Å². The molecule has 4 amide bonds. The maximum Gasteiger partial charge on any atom is 0.408 e. The average molecular weight is 1760 g/mol. The Morgan fingerprint density at radius 2 is 0.808 bits per heavy atom. The summed E-state index contributed by atoms with van der Waals surface area (Å²) in [7, 11) is 0. The van der Waals surface area contributed by atoms with Crippen molar-refractivity contribution in [2.45, 2.75) is 57.6 Å². The molecular formula is C94H85Cl4F3N18O6. The van der Waals surface area contributed by atoms with Gasteiger partial charge in [0.15, 0.2) is 0 Å². The smallest absolute Gasteiger partial charge is 0.384 e. The number of halogens is 7. The van der Waals surface area contributed by atoms with Crippen molar-refractivity contribution in [2.24, 2.45) is 32.2 Å². The fourth-order valence-corrected chi connectivity index (χ4v) is 13.8. The zero-order valence-electron chi connectivity index (χ0n) is 67.5. The van der Waals surface area contributed by atoms with Crippen molar-refractivity contribution in [3.05, 3.63) is 350 Å². The summed E-state index contributed by atoms with van der Waals surface area (Å²) in [6.45, 7) is 5.92. The van der Waals surface area contributed by atoms with Gasteiger partial charge in [-0.2, -0.15) is 13.2 Å². The van der Waals surface area contributed by atoms with Gasteiger partial charge < -0.3 is 57.8 Å². The van der Waals surface area contributed by atoms with Crippen molar-refractivity contribution in [1.82, 2.24) is 34.8 Å². The lowest BCUT2D eigenvalue weighted by molar-refractivity contribution is -0.118. The van der Waals surface area contributed by atoms with E-state index in [2.05, 4.69) is 66.1 Å². The predicted molar refractivity (Wildman–Crippen MR) is 489 cm³/mol. The topological polar surface area (TPSA) is 357 Å². The third kappa shape index (κ3) is 26.4. The van der Waals surface area contributed by atoms with Crippen LogP contribution in [0.5, 0.6) is 0 Å². The molecule has 0 bridgehead atoms. The second kappa shape index (κ2) is 43.8. The molecule has 15 rings (SSSR count). The highest BCUT2D eigenvalue weighted by Crippen LogP contribution is 2.34. The minimum absolute atomic E-state index is 0.0829. The van der Waals surface area contributed by atoms with Gasteiger partial charge in [0.2, 0.25) is 0 Å². The molecular weight excluding hydrogens is 1680 g/mol. The maximum absolute atomic E-state index is 12.8. The Bertz CT molecular complexity index is 5940. The maximum atomic E-state index is 12.8. The molecule has 3 unspecified atom stereocenters. The molecule has 31 heteroatoms. The molecule has 13 aromatic rings. The first-order chi connectivity index (χ1) is 60.3. The van der Waals surface area contributed by atoms with E-state index >= 15 is 0 Å². The van der Waals surface area contributed by atoms with Crippen LogP contribution in [0.1, 0.15) is 96.1 Å². The van der Waals surface area contributed by atoms with Crippen LogP contribution < -0.4 is 38.5 Å². The van der Waals surface area contributed by atoms with Gasteiger partial charge in [-0.15, -0.1) is 0 Å². The number of hydrogen-bond donors (Lipinski definition) is 9. The minimum Gasteiger partial charge on any atom is -0.384 e. The number of aromatic nitrogens is 6. The first kappa shape index (κ1) is 90.4. The number of anilines is 4. The van der Waals surface area contributed by atoms with Crippen LogP contribution in [-0.2, 0) is 15.9 Å². The molecule has 5 aromatic heterocycles. The normalized spacial score (nSPS) is 14.5. The van der Waals surface area contributed by atoms with Gasteiger partial charge in [-0.05, 0) is 197 Å². The number of carbonyl (C=O) groups is 4. The summed E-state index contributed by atoms with van der Waals surface area (Å²) in [6.07, 6.45) is 8.84. The number of ether oxygens (including phenoxy) is 2. The fourth-order valence-electron chi connectivity index (χ4n) is 13.0. The largest absolute Gasteiger partial charge is 0.408 e. The molecule has 8 aromatic carbocycles. The Morgan fingerprint density at radius 1 is 0.472 bits per heavy atom. The highest BCUT2D eigenvalue weighted by Gasteiger charge is 2.28. The molecule has 12 N–H and O–H groups in total. The summed E-state index contributed by atoms with van der Waals surface area (Å²) in [6, 6.07) is 70.1. The van der Waals surface area contributed by atoms with Gasteiger partial charge in [-0.1, -0.05) is 119 Å². The average Bonchev–Trinajstić information content (AvgIpc) is 1.23. The number of H-pyrrole nitrogens is 1. The van der Waals surface area contributed by atoms with Crippen LogP contribution in [0.25, 0.3) is 45.0 Å². The highest BCUT2D eigenvalue weighted by molar-refractivity contribution is 6.35. The van der Waals surface area contributed by atoms with E-state index in [0.717, 1.165) is 82.0 Å². The number of pyridine rings is 4. The Labute approximate surface area is 739 Å². The summed E-state index contributed by atoms with van der Waals surface area (Å²) in [5, 5.41) is 22.2. The van der Waals surface area contributed by atoms with Gasteiger partial charge in [0, 0.05) is 159 Å². The van der Waals surface area contributed by atoms with Crippen molar-refractivity contribution in [1.29, 1.82) is 5.41 Å². The first-order valence-electron chi connectivity index (χ1n) is 39.4. The molecule has 636 valence electrons. The molecule has 0 saturated carbocycles. The van der Waals surface area contributed by atoms with E-state index in [4.69, 9.17) is 78.5 Å². The number of nitrogens with two attached hydrogens (primary N) is 3. The van der Waals surface area contributed by atoms with E-state index in [1.165, 1.54) is 24.3 Å². The number of nitrogens with one attached hydrogen (secondary N) is 6. The number of aromatic amines is 1. The first-order valence-corrected chi connectivity index (χ1v) is 40.9. The molecule has 125 heavy (non-hydrogen) atoms. The lowest BCUT2D eigenvalue weighted by Gasteiger charge is -2.36. The number of amidine groups is 4. The molecule has 24 nitrogen and oxygen atoms in total. The molecule has 3 atom stereocenters. The number of hydrogen-bond acceptors (Lipinski definition) is 15. The monoisotopic (exact) mass is 1760 g/mol. The predicted octanol–water partition coefficient (Wildman–Crippen LogP) is 18.9. The van der Waals surface area contributed by atoms with Crippen molar-refractivity contribution in [3.8, 4) is 45.0 Å². The molecule has 7 heterocycles. The number of carbonyl (C=O) groups excluding carboxylic acids is 4. The highest BCUT2D eigenvalue weighted by atomic mass is 35.5. The van der Waals surface area contributed by atoms with E-state index in [-0.39, 0.29) is 41.9 Å². The van der Waals surface area contributed by atoms with E-state index in [9.17, 15) is 32.3 Å². The number of morpholine rings is 1. The lowest BCUT2D eigenvalue weighted by atomic mass is 10.1. The van der Waals surface area contributed by atoms with Crippen molar-refractivity contribution in [2.75, 3.05) is 60.6 Å². The molecule has 2 fully saturated rings. The minimum atomic E-state index is -4.43. The lowest BCUT2D eigenvalue weighted by Crippen LogP contribution is -2.48. The standard InChI is InChI=1S/C25H25ClN4O2.C24H21ClN6O.C24H23ClN4O2.C21H16ClF3N4O/c1-16-14-30(15-17(2)32-16)24(27)18-6-8-19(9-7-18)25(31)29-20-10-11-22(26)21(13-20)23-5-3-4-12-28-23;25-21-9-8-18(13-20(21)22-3-1-2-11-28-22)31-24(32)17-6-4-16(5-7-17)23(26)29-12-10-19-14-27-15-30-19;25-21-11-10-18(14-20(21)22-5-1-2-12-27-22)29-24(30)17-8-6-16(7-9-17)23(26)28-15-19-4-3-13-31-19;22-17-9-8-15(11-16(17)18-3-1-2-10-27-18)29-20(30)14-6-4-13(5-7-14)19(26)28-12-21(23,24)25/h3-13,16-17,27H,14-15H2,1-2H3,(H,29,31);1-9,11,13-15H,10,12H2,(H2,26,29)(H,27,30)(H,31,32);1-2,5-12,14,19H,3-4,13,15H2,(H2,26,28)(H,29,30);1-11H,12H2,(H2,26,28)(H,29,30). The van der Waals surface area contributed by atoms with Gasteiger partial charge in [-0.3, -0.25) is 59.5 Å². The van der Waals surface area contributed by atoms with Crippen LogP contribution in [0.15, 0.2) is 295 Å². The Kier molecular flexibility index (Phi) is 31.7. The third-order valence-corrected chi connectivity index (χ3v) is 20.6. The second-order valence-electron chi connectivity index (χ2n) is 28.5. The molecule has 2 aliphatic heterocycles. The number of imidazole rings is 1. The van der Waals surface area contributed by atoms with Crippen LogP contribution in [0.4, 0.5) is 35.9 Å². The van der Waals surface area contributed by atoms with Gasteiger partial charge in [0.25, 0.3) is 23.6 Å². The fraction of sp³-hybridized carbons (Fsp3) is 0.160. The summed E-state index contributed by atoms with van der Waals surface area (Å²) < 4.78 is 48.0. The number of aliphatic imine (C=N–C) groups is 3. The Morgan fingerprint density at radius 3 is 1.12 bits per heavy atom. The number of alkyl halides is 3. The Balaban J connectivity index is 0.000000152. The van der Waals surface area contributed by atoms with E-state index in [1.807, 2.05) is 104 Å². The number of benzene rings is 8. The summed E-state index contributed by atoms with van der Waals surface area (Å²) in [4.78, 5) is 89.0. The zero-order chi connectivity index (χ0) is 88.4. The molecule has 0 aliphatic carbocycles. The number of amides is 4. The van der Waals surface area contributed by atoms with E-state index in [0.29, 0.717) is 126 Å². The van der Waals surface area contributed by atoms with Crippen LogP contribution in [0.3, 0.4) is 0 Å². The Hall–Kier alpha value is -13.8. The van der Waals surface area contributed by atoms with Crippen molar-refractivity contribution in [3.63, 3.8) is 0 Å². The van der Waals surface area contributed by atoms with Crippen molar-refractivity contribution < 1.29 is 41.8 Å². The van der Waals surface area contributed by atoms with Crippen LogP contribution in [0.2, 0.25) is 20.1 Å². The van der Waals surface area contributed by atoms with Gasteiger partial charge >= 0.3 is 6.18 Å². The summed E-state index contributed by atoms with van der Waals surface area (Å²) in [5.41, 5.74) is 31.4. The van der Waals surface area contributed by atoms with Gasteiger partial charge in [-0.25, -0.2) is 4.98 Å². The zero-order valence-corrected chi connectivity index (χ0v) is 70.5.